The third kappa shape index (κ3) is 5.21. The highest BCUT2D eigenvalue weighted by atomic mass is 16.1. The van der Waals surface area contributed by atoms with E-state index in [-0.39, 0.29) is 17.4 Å². The third-order valence-corrected chi connectivity index (χ3v) is 1.93. The van der Waals surface area contributed by atoms with Crippen LogP contribution in [0.2, 0.25) is 0 Å². The molecule has 0 aliphatic carbocycles. The van der Waals surface area contributed by atoms with Crippen molar-refractivity contribution in [1.82, 2.24) is 5.32 Å². The van der Waals surface area contributed by atoms with E-state index in [0.29, 0.717) is 13.0 Å². The van der Waals surface area contributed by atoms with Gasteiger partial charge in [-0.05, 0) is 33.7 Å². The van der Waals surface area contributed by atoms with Crippen LogP contribution in [0.1, 0.15) is 27.2 Å². The number of nitrogens with two attached hydrogens (primary N) is 1. The largest absolute Gasteiger partial charge is 0.368 e. The summed E-state index contributed by atoms with van der Waals surface area (Å²) < 4.78 is 0. The number of amides is 1. The van der Waals surface area contributed by atoms with E-state index in [0.717, 1.165) is 0 Å². The summed E-state index contributed by atoms with van der Waals surface area (Å²) in [4.78, 5) is 10.6. The number of hydrogen-bond acceptors (Lipinski definition) is 3. The topological polar surface area (TPSA) is 78.9 Å². The molecule has 1 atom stereocenters. The van der Waals surface area contributed by atoms with Gasteiger partial charge in [-0.15, -0.1) is 0 Å². The zero-order valence-corrected chi connectivity index (χ0v) is 8.42. The third-order valence-electron chi connectivity index (χ3n) is 1.93. The van der Waals surface area contributed by atoms with Gasteiger partial charge in [-0.1, -0.05) is 0 Å². The van der Waals surface area contributed by atoms with Gasteiger partial charge in [0.1, 0.15) is 0 Å². The van der Waals surface area contributed by atoms with Crippen LogP contribution in [0.25, 0.3) is 0 Å². The van der Waals surface area contributed by atoms with Crippen molar-refractivity contribution in [1.29, 1.82) is 5.26 Å². The van der Waals surface area contributed by atoms with Crippen LogP contribution < -0.4 is 11.1 Å². The molecule has 0 radical (unpaired) electrons. The molecule has 1 amide bonds. The number of nitrogens with zero attached hydrogens (tertiary/aromatic N) is 1. The summed E-state index contributed by atoms with van der Waals surface area (Å²) in [6.45, 7) is 6.07. The highest BCUT2D eigenvalue weighted by Gasteiger charge is 2.16. The lowest BCUT2D eigenvalue weighted by molar-refractivity contribution is -0.119. The second-order valence-electron chi connectivity index (χ2n) is 3.82. The first-order valence-corrected chi connectivity index (χ1v) is 4.33. The molecule has 0 saturated carbocycles. The standard InChI is InChI=1S/C9H17N3O/c1-7(8(11)13)12-5-4-9(2,3)6-10/h7,12H,4-5H2,1-3H3,(H2,11,13). The molecular formula is C9H17N3O. The molecule has 0 aromatic rings. The van der Waals surface area contributed by atoms with Gasteiger partial charge in [-0.3, -0.25) is 4.79 Å². The monoisotopic (exact) mass is 183 g/mol. The fourth-order valence-electron chi connectivity index (χ4n) is 0.758. The number of carbonyl (C=O) groups is 1. The minimum Gasteiger partial charge on any atom is -0.368 e. The van der Waals surface area contributed by atoms with Gasteiger partial charge < -0.3 is 11.1 Å². The van der Waals surface area contributed by atoms with Crippen molar-refractivity contribution in [2.24, 2.45) is 11.1 Å². The fourth-order valence-corrected chi connectivity index (χ4v) is 0.758. The molecule has 0 aromatic carbocycles. The number of rotatable bonds is 5. The zero-order chi connectivity index (χ0) is 10.5. The average Bonchev–Trinajstić information content (AvgIpc) is 2.04. The number of nitrogens with one attached hydrogen (secondary N) is 1. The number of hydrogen-bond donors (Lipinski definition) is 2. The van der Waals surface area contributed by atoms with Crippen molar-refractivity contribution in [3.8, 4) is 6.07 Å². The summed E-state index contributed by atoms with van der Waals surface area (Å²) in [6.07, 6.45) is 0.709. The van der Waals surface area contributed by atoms with Gasteiger partial charge in [0.15, 0.2) is 0 Å². The van der Waals surface area contributed by atoms with Crippen LogP contribution in [0.5, 0.6) is 0 Å². The Morgan fingerprint density at radius 2 is 2.23 bits per heavy atom. The lowest BCUT2D eigenvalue weighted by atomic mass is 9.91. The van der Waals surface area contributed by atoms with Gasteiger partial charge in [0, 0.05) is 0 Å². The van der Waals surface area contributed by atoms with E-state index in [1.54, 1.807) is 6.92 Å². The van der Waals surface area contributed by atoms with E-state index < -0.39 is 0 Å². The summed E-state index contributed by atoms with van der Waals surface area (Å²) >= 11 is 0. The van der Waals surface area contributed by atoms with Crippen molar-refractivity contribution in [2.75, 3.05) is 6.54 Å². The summed E-state index contributed by atoms with van der Waals surface area (Å²) in [6, 6.07) is 1.86. The quantitative estimate of drug-likeness (QED) is 0.647. The normalized spacial score (nSPS) is 13.4. The van der Waals surface area contributed by atoms with Gasteiger partial charge in [0.2, 0.25) is 5.91 Å². The van der Waals surface area contributed by atoms with E-state index in [4.69, 9.17) is 11.0 Å². The second-order valence-corrected chi connectivity index (χ2v) is 3.82. The number of primary amides is 1. The Bertz CT molecular complexity index is 217. The second kappa shape index (κ2) is 4.83. The van der Waals surface area contributed by atoms with Gasteiger partial charge in [-0.2, -0.15) is 5.26 Å². The van der Waals surface area contributed by atoms with Gasteiger partial charge >= 0.3 is 0 Å². The van der Waals surface area contributed by atoms with Crippen molar-refractivity contribution in [3.63, 3.8) is 0 Å². The van der Waals surface area contributed by atoms with E-state index in [1.165, 1.54) is 0 Å². The maximum atomic E-state index is 10.6. The van der Waals surface area contributed by atoms with Gasteiger partial charge in [0.25, 0.3) is 0 Å². The van der Waals surface area contributed by atoms with Crippen molar-refractivity contribution in [2.45, 2.75) is 33.2 Å². The maximum Gasteiger partial charge on any atom is 0.234 e. The van der Waals surface area contributed by atoms with Gasteiger partial charge in [-0.25, -0.2) is 0 Å². The minimum absolute atomic E-state index is 0.325. The summed E-state index contributed by atoms with van der Waals surface area (Å²) in [5, 5.41) is 11.6. The molecule has 0 spiro atoms. The average molecular weight is 183 g/mol. The first kappa shape index (κ1) is 11.9. The van der Waals surface area contributed by atoms with Crippen molar-refractivity contribution >= 4 is 5.91 Å². The van der Waals surface area contributed by atoms with Crippen molar-refractivity contribution < 1.29 is 4.79 Å². The Labute approximate surface area is 79.1 Å². The summed E-state index contributed by atoms with van der Waals surface area (Å²) in [5.41, 5.74) is 4.71. The van der Waals surface area contributed by atoms with Crippen LogP contribution in [0.4, 0.5) is 0 Å². The SMILES string of the molecule is CC(NCCC(C)(C)C#N)C(N)=O. The molecule has 0 fully saturated rings. The summed E-state index contributed by atoms with van der Waals surface area (Å²) in [5.74, 6) is -0.366. The fraction of sp³-hybridized carbons (Fsp3) is 0.778. The van der Waals surface area contributed by atoms with Crippen LogP contribution in [0, 0.1) is 16.7 Å². The lowest BCUT2D eigenvalue weighted by Gasteiger charge is -2.16. The molecule has 74 valence electrons. The molecule has 0 aromatic heterocycles. The molecular weight excluding hydrogens is 166 g/mol. The first-order valence-electron chi connectivity index (χ1n) is 4.33. The Morgan fingerprint density at radius 1 is 1.69 bits per heavy atom. The smallest absolute Gasteiger partial charge is 0.234 e. The van der Waals surface area contributed by atoms with Crippen LogP contribution in [-0.4, -0.2) is 18.5 Å². The van der Waals surface area contributed by atoms with Crippen LogP contribution in [-0.2, 0) is 4.79 Å². The Hall–Kier alpha value is -1.08. The van der Waals surface area contributed by atoms with Gasteiger partial charge in [0.05, 0.1) is 17.5 Å². The number of carbonyl (C=O) groups excluding carboxylic acids is 1. The Morgan fingerprint density at radius 3 is 2.62 bits per heavy atom. The molecule has 0 rings (SSSR count). The molecule has 4 nitrogen and oxygen atoms in total. The van der Waals surface area contributed by atoms with E-state index in [1.807, 2.05) is 13.8 Å². The molecule has 0 heterocycles. The van der Waals surface area contributed by atoms with E-state index in [2.05, 4.69) is 11.4 Å². The van der Waals surface area contributed by atoms with E-state index in [9.17, 15) is 4.79 Å². The molecule has 0 bridgehead atoms. The molecule has 0 aliphatic rings. The predicted molar refractivity (Wildman–Crippen MR) is 50.7 cm³/mol. The van der Waals surface area contributed by atoms with Crippen LogP contribution >= 0.6 is 0 Å². The molecule has 0 aliphatic heterocycles. The zero-order valence-electron chi connectivity index (χ0n) is 8.42. The first-order chi connectivity index (χ1) is 5.89. The molecule has 1 unspecified atom stereocenters. The molecule has 0 saturated heterocycles. The maximum absolute atomic E-state index is 10.6. The van der Waals surface area contributed by atoms with E-state index >= 15 is 0 Å². The highest BCUT2D eigenvalue weighted by molar-refractivity contribution is 5.79. The highest BCUT2D eigenvalue weighted by Crippen LogP contribution is 2.17. The molecule has 3 N–H and O–H groups in total. The molecule has 4 heteroatoms. The predicted octanol–water partition coefficient (Wildman–Crippen LogP) is 0.390. The van der Waals surface area contributed by atoms with Crippen LogP contribution in [0.3, 0.4) is 0 Å². The number of nitriles is 1. The Balaban J connectivity index is 3.70. The molecule has 13 heavy (non-hydrogen) atoms. The van der Waals surface area contributed by atoms with Crippen molar-refractivity contribution in [3.05, 3.63) is 0 Å². The minimum atomic E-state index is -0.366. The summed E-state index contributed by atoms with van der Waals surface area (Å²) in [7, 11) is 0. The Kier molecular flexibility index (Phi) is 4.43. The lowest BCUT2D eigenvalue weighted by Crippen LogP contribution is -2.40. The van der Waals surface area contributed by atoms with Crippen LogP contribution in [0.15, 0.2) is 0 Å².